The molecule has 0 fully saturated rings. The number of benzene rings is 1. The number of ether oxygens (including phenoxy) is 1. The van der Waals surface area contributed by atoms with E-state index >= 15 is 0 Å². The lowest BCUT2D eigenvalue weighted by atomic mass is 10.1. The Kier molecular flexibility index (Phi) is 3.71. The molecule has 90 valence electrons. The third-order valence-electron chi connectivity index (χ3n) is 2.41. The second-order valence-corrected chi connectivity index (χ2v) is 4.29. The summed E-state index contributed by atoms with van der Waals surface area (Å²) in [4.78, 5) is 4.17. The van der Waals surface area contributed by atoms with E-state index in [2.05, 4.69) is 4.98 Å². The number of methoxy groups -OCH3 is 1. The van der Waals surface area contributed by atoms with E-state index in [1.165, 1.54) is 0 Å². The lowest BCUT2D eigenvalue weighted by Crippen LogP contribution is -1.92. The van der Waals surface area contributed by atoms with E-state index in [0.29, 0.717) is 22.0 Å². The Morgan fingerprint density at radius 2 is 2.00 bits per heavy atom. The number of rotatable bonds is 2. The van der Waals surface area contributed by atoms with Gasteiger partial charge in [0, 0.05) is 10.6 Å². The fourth-order valence-corrected chi connectivity index (χ4v) is 1.92. The van der Waals surface area contributed by atoms with Crippen molar-refractivity contribution in [1.29, 1.82) is 5.26 Å². The molecule has 2 rings (SSSR count). The van der Waals surface area contributed by atoms with Gasteiger partial charge in [0.2, 0.25) is 0 Å². The standard InChI is InChI=1S/C13H8Cl2N2O/c1-18-12-5-3-9(14)6-10(12)11-4-2-8(7-16)13(15)17-11/h2-6H,1H3. The van der Waals surface area contributed by atoms with E-state index in [1.54, 1.807) is 37.4 Å². The third-order valence-corrected chi connectivity index (χ3v) is 2.93. The van der Waals surface area contributed by atoms with E-state index in [4.69, 9.17) is 33.2 Å². The molecule has 1 aromatic carbocycles. The lowest BCUT2D eigenvalue weighted by Gasteiger charge is -2.08. The molecular weight excluding hydrogens is 271 g/mol. The van der Waals surface area contributed by atoms with E-state index in [1.807, 2.05) is 6.07 Å². The molecule has 2 aromatic rings. The zero-order valence-electron chi connectivity index (χ0n) is 9.45. The Hall–Kier alpha value is -1.76. The minimum atomic E-state index is 0.164. The fraction of sp³-hybridized carbons (Fsp3) is 0.0769. The van der Waals surface area contributed by atoms with Gasteiger partial charge in [-0.1, -0.05) is 23.2 Å². The van der Waals surface area contributed by atoms with E-state index in [-0.39, 0.29) is 5.15 Å². The van der Waals surface area contributed by atoms with Crippen LogP contribution in [0.25, 0.3) is 11.3 Å². The van der Waals surface area contributed by atoms with Gasteiger partial charge in [-0.2, -0.15) is 5.26 Å². The molecule has 1 aromatic heterocycles. The molecule has 0 N–H and O–H groups in total. The van der Waals surface area contributed by atoms with Crippen LogP contribution in [0.15, 0.2) is 30.3 Å². The monoisotopic (exact) mass is 278 g/mol. The summed E-state index contributed by atoms with van der Waals surface area (Å²) in [6.45, 7) is 0. The third kappa shape index (κ3) is 2.40. The molecule has 0 saturated carbocycles. The molecule has 0 spiro atoms. The van der Waals surface area contributed by atoms with E-state index in [0.717, 1.165) is 5.56 Å². The average Bonchev–Trinajstić information content (AvgIpc) is 2.38. The molecule has 0 aliphatic rings. The first-order valence-corrected chi connectivity index (χ1v) is 5.82. The molecule has 0 bridgehead atoms. The molecular formula is C13H8Cl2N2O. The van der Waals surface area contributed by atoms with Gasteiger partial charge < -0.3 is 4.74 Å². The number of hydrogen-bond donors (Lipinski definition) is 0. The molecule has 0 saturated heterocycles. The van der Waals surface area contributed by atoms with Crippen LogP contribution in [0, 0.1) is 11.3 Å². The first kappa shape index (κ1) is 12.7. The summed E-state index contributed by atoms with van der Waals surface area (Å²) in [5.41, 5.74) is 1.68. The Bertz CT molecular complexity index is 635. The highest BCUT2D eigenvalue weighted by Crippen LogP contribution is 2.32. The average molecular weight is 279 g/mol. The summed E-state index contributed by atoms with van der Waals surface area (Å²) >= 11 is 11.9. The van der Waals surface area contributed by atoms with Crippen molar-refractivity contribution in [2.75, 3.05) is 7.11 Å². The summed E-state index contributed by atoms with van der Waals surface area (Å²) < 4.78 is 5.24. The molecule has 0 aliphatic carbocycles. The highest BCUT2D eigenvalue weighted by atomic mass is 35.5. The maximum absolute atomic E-state index is 8.80. The predicted octanol–water partition coefficient (Wildman–Crippen LogP) is 3.94. The molecule has 18 heavy (non-hydrogen) atoms. The number of nitriles is 1. The second-order valence-electron chi connectivity index (χ2n) is 3.49. The molecule has 0 aliphatic heterocycles. The quantitative estimate of drug-likeness (QED) is 0.782. The van der Waals surface area contributed by atoms with Crippen LogP contribution in [-0.2, 0) is 0 Å². The van der Waals surface area contributed by atoms with Gasteiger partial charge >= 0.3 is 0 Å². The molecule has 1 heterocycles. The topological polar surface area (TPSA) is 45.9 Å². The molecule has 0 unspecified atom stereocenters. The van der Waals surface area contributed by atoms with Gasteiger partial charge in [-0.25, -0.2) is 4.98 Å². The minimum Gasteiger partial charge on any atom is -0.496 e. The van der Waals surface area contributed by atoms with E-state index in [9.17, 15) is 0 Å². The molecule has 5 heteroatoms. The molecule has 3 nitrogen and oxygen atoms in total. The van der Waals surface area contributed by atoms with Crippen LogP contribution in [-0.4, -0.2) is 12.1 Å². The zero-order valence-corrected chi connectivity index (χ0v) is 11.0. The summed E-state index contributed by atoms with van der Waals surface area (Å²) in [6.07, 6.45) is 0. The number of halogens is 2. The lowest BCUT2D eigenvalue weighted by molar-refractivity contribution is 0.416. The largest absolute Gasteiger partial charge is 0.496 e. The van der Waals surface area contributed by atoms with Crippen molar-refractivity contribution in [2.45, 2.75) is 0 Å². The molecule has 0 radical (unpaired) electrons. The maximum atomic E-state index is 8.80. The van der Waals surface area contributed by atoms with Crippen LogP contribution in [0.3, 0.4) is 0 Å². The van der Waals surface area contributed by atoms with Crippen LogP contribution in [0.2, 0.25) is 10.2 Å². The summed E-state index contributed by atoms with van der Waals surface area (Å²) in [5.74, 6) is 0.646. The number of aromatic nitrogens is 1. The molecule has 0 atom stereocenters. The SMILES string of the molecule is COc1ccc(Cl)cc1-c1ccc(C#N)c(Cl)n1. The first-order chi connectivity index (χ1) is 8.65. The Morgan fingerprint density at radius 3 is 2.61 bits per heavy atom. The number of nitrogens with zero attached hydrogens (tertiary/aromatic N) is 2. The fourth-order valence-electron chi connectivity index (χ4n) is 1.55. The highest BCUT2D eigenvalue weighted by Gasteiger charge is 2.10. The molecule has 0 amide bonds. The normalized spacial score (nSPS) is 9.89. The Labute approximate surface area is 115 Å². The maximum Gasteiger partial charge on any atom is 0.147 e. The van der Waals surface area contributed by atoms with Crippen LogP contribution >= 0.6 is 23.2 Å². The van der Waals surface area contributed by atoms with Crippen molar-refractivity contribution in [3.63, 3.8) is 0 Å². The summed E-state index contributed by atoms with van der Waals surface area (Å²) in [5, 5.41) is 9.55. The number of pyridine rings is 1. The van der Waals surface area contributed by atoms with Gasteiger partial charge in [0.1, 0.15) is 17.0 Å². The highest BCUT2D eigenvalue weighted by molar-refractivity contribution is 6.31. The van der Waals surface area contributed by atoms with Crippen LogP contribution in [0.1, 0.15) is 5.56 Å². The van der Waals surface area contributed by atoms with Gasteiger partial charge in [-0.15, -0.1) is 0 Å². The van der Waals surface area contributed by atoms with Crippen molar-refractivity contribution in [2.24, 2.45) is 0 Å². The van der Waals surface area contributed by atoms with Crippen molar-refractivity contribution in [1.82, 2.24) is 4.98 Å². The smallest absolute Gasteiger partial charge is 0.147 e. The Balaban J connectivity index is 2.58. The van der Waals surface area contributed by atoms with Crippen molar-refractivity contribution in [3.8, 4) is 23.1 Å². The Morgan fingerprint density at radius 1 is 1.22 bits per heavy atom. The van der Waals surface area contributed by atoms with Gasteiger partial charge in [0.15, 0.2) is 0 Å². The van der Waals surface area contributed by atoms with Crippen LogP contribution < -0.4 is 4.74 Å². The summed E-state index contributed by atoms with van der Waals surface area (Å²) in [7, 11) is 1.57. The van der Waals surface area contributed by atoms with Gasteiger partial charge in [0.25, 0.3) is 0 Å². The zero-order chi connectivity index (χ0) is 13.1. The van der Waals surface area contributed by atoms with Gasteiger partial charge in [-0.05, 0) is 30.3 Å². The van der Waals surface area contributed by atoms with Crippen LogP contribution in [0.5, 0.6) is 5.75 Å². The van der Waals surface area contributed by atoms with Crippen LogP contribution in [0.4, 0.5) is 0 Å². The second kappa shape index (κ2) is 5.26. The van der Waals surface area contributed by atoms with E-state index < -0.39 is 0 Å². The van der Waals surface area contributed by atoms with Gasteiger partial charge in [-0.3, -0.25) is 0 Å². The first-order valence-electron chi connectivity index (χ1n) is 5.06. The predicted molar refractivity (Wildman–Crippen MR) is 71.0 cm³/mol. The van der Waals surface area contributed by atoms with Crippen molar-refractivity contribution >= 4 is 23.2 Å². The number of hydrogen-bond acceptors (Lipinski definition) is 3. The minimum absolute atomic E-state index is 0.164. The van der Waals surface area contributed by atoms with Crippen molar-refractivity contribution in [3.05, 3.63) is 46.1 Å². The summed E-state index contributed by atoms with van der Waals surface area (Å²) in [6, 6.07) is 10.5. The van der Waals surface area contributed by atoms with Gasteiger partial charge in [0.05, 0.1) is 18.4 Å². The van der Waals surface area contributed by atoms with Crippen molar-refractivity contribution < 1.29 is 4.74 Å².